The molecule has 6 nitrogen and oxygen atoms in total. The minimum absolute atomic E-state index is 0.0120. The molecule has 0 saturated carbocycles. The zero-order valence-electron chi connectivity index (χ0n) is 14.5. The van der Waals surface area contributed by atoms with E-state index in [-0.39, 0.29) is 24.6 Å². The summed E-state index contributed by atoms with van der Waals surface area (Å²) in [6, 6.07) is 3.13. The quantitative estimate of drug-likeness (QED) is 0.578. The number of carbonyl (C=O) groups excluding carboxylic acids is 1. The molecule has 3 rings (SSSR count). The van der Waals surface area contributed by atoms with Crippen LogP contribution in [0.2, 0.25) is 0 Å². The number of aromatic nitrogens is 2. The Bertz CT molecular complexity index is 917. The Hall–Kier alpha value is -2.26. The molecule has 0 radical (unpaired) electrons. The Balaban J connectivity index is 1.73. The number of fused-ring (bicyclic) bond motifs is 1. The van der Waals surface area contributed by atoms with Crippen molar-refractivity contribution < 1.29 is 18.7 Å². The molecule has 0 fully saturated rings. The summed E-state index contributed by atoms with van der Waals surface area (Å²) < 4.78 is 27.7. The topological polar surface area (TPSA) is 84.2 Å². The highest BCUT2D eigenvalue weighted by Gasteiger charge is 2.21. The van der Waals surface area contributed by atoms with Gasteiger partial charge in [0.05, 0.1) is 18.9 Å². The molecular formula is C18H19F2N3O3S. The Labute approximate surface area is 158 Å². The standard InChI is InChI=1S/C18H19F2N3O3S/c19-13-6-5-11(9-14(13)20)21-16(25)10-27-17-12-3-1-2-4-15(12)23(7-8-24)18(26)22-17/h5-6,9,24H,1-4,7-8,10H2,(H,21,25). The molecule has 1 aliphatic rings. The molecule has 1 heterocycles. The summed E-state index contributed by atoms with van der Waals surface area (Å²) in [5.74, 6) is -2.44. The van der Waals surface area contributed by atoms with Gasteiger partial charge in [-0.3, -0.25) is 9.36 Å². The first-order valence-corrected chi connectivity index (χ1v) is 9.59. The van der Waals surface area contributed by atoms with Crippen LogP contribution in [0.5, 0.6) is 0 Å². The summed E-state index contributed by atoms with van der Waals surface area (Å²) >= 11 is 1.14. The van der Waals surface area contributed by atoms with Crippen molar-refractivity contribution in [1.82, 2.24) is 9.55 Å². The number of carbonyl (C=O) groups is 1. The molecule has 144 valence electrons. The van der Waals surface area contributed by atoms with Gasteiger partial charge in [-0.1, -0.05) is 11.8 Å². The third kappa shape index (κ3) is 4.54. The summed E-state index contributed by atoms with van der Waals surface area (Å²) in [5.41, 5.74) is 1.54. The zero-order chi connectivity index (χ0) is 19.4. The summed E-state index contributed by atoms with van der Waals surface area (Å²) in [6.07, 6.45) is 3.44. The number of rotatable bonds is 6. The molecule has 0 unspecified atom stereocenters. The van der Waals surface area contributed by atoms with E-state index in [9.17, 15) is 23.5 Å². The number of hydrogen-bond acceptors (Lipinski definition) is 5. The van der Waals surface area contributed by atoms with Gasteiger partial charge in [0.1, 0.15) is 5.03 Å². The molecule has 2 N–H and O–H groups in total. The van der Waals surface area contributed by atoms with Gasteiger partial charge in [-0.05, 0) is 37.8 Å². The van der Waals surface area contributed by atoms with Crippen molar-refractivity contribution in [3.8, 4) is 0 Å². The number of hydrogen-bond donors (Lipinski definition) is 2. The average molecular weight is 395 g/mol. The van der Waals surface area contributed by atoms with Crippen LogP contribution >= 0.6 is 11.8 Å². The fourth-order valence-electron chi connectivity index (χ4n) is 3.10. The number of nitrogens with zero attached hydrogens (tertiary/aromatic N) is 2. The second-order valence-corrected chi connectivity index (χ2v) is 7.14. The second-order valence-electron chi connectivity index (χ2n) is 6.17. The number of aliphatic hydroxyl groups excluding tert-OH is 1. The van der Waals surface area contributed by atoms with E-state index in [4.69, 9.17) is 0 Å². The number of benzene rings is 1. The first-order valence-electron chi connectivity index (χ1n) is 8.60. The smallest absolute Gasteiger partial charge is 0.348 e. The lowest BCUT2D eigenvalue weighted by Crippen LogP contribution is -2.31. The molecule has 1 aliphatic carbocycles. The molecule has 0 aliphatic heterocycles. The monoisotopic (exact) mass is 395 g/mol. The van der Waals surface area contributed by atoms with E-state index in [1.54, 1.807) is 0 Å². The van der Waals surface area contributed by atoms with Gasteiger partial charge in [-0.15, -0.1) is 0 Å². The third-order valence-corrected chi connectivity index (χ3v) is 5.34. The molecule has 0 saturated heterocycles. The van der Waals surface area contributed by atoms with Crippen molar-refractivity contribution in [3.05, 3.63) is 51.6 Å². The molecule has 27 heavy (non-hydrogen) atoms. The summed E-state index contributed by atoms with van der Waals surface area (Å²) in [6.45, 7) is 0.0624. The molecule has 0 atom stereocenters. The highest BCUT2D eigenvalue weighted by atomic mass is 32.2. The SMILES string of the molecule is O=C(CSc1nc(=O)n(CCO)c2c1CCCC2)Nc1ccc(F)c(F)c1. The third-order valence-electron chi connectivity index (χ3n) is 4.32. The summed E-state index contributed by atoms with van der Waals surface area (Å²) in [4.78, 5) is 28.4. The number of anilines is 1. The second kappa shape index (κ2) is 8.62. The van der Waals surface area contributed by atoms with Gasteiger partial charge in [0.25, 0.3) is 0 Å². The fraction of sp³-hybridized carbons (Fsp3) is 0.389. The first kappa shape index (κ1) is 19.5. The number of nitrogens with one attached hydrogen (secondary N) is 1. The normalized spacial score (nSPS) is 13.3. The largest absolute Gasteiger partial charge is 0.395 e. The predicted octanol–water partition coefficient (Wildman–Crippen LogP) is 2.12. The number of thioether (sulfide) groups is 1. The van der Waals surface area contributed by atoms with Crippen LogP contribution in [-0.2, 0) is 24.2 Å². The first-order chi connectivity index (χ1) is 13.0. The average Bonchev–Trinajstić information content (AvgIpc) is 2.65. The van der Waals surface area contributed by atoms with E-state index in [1.807, 2.05) is 0 Å². The van der Waals surface area contributed by atoms with Crippen molar-refractivity contribution in [2.75, 3.05) is 17.7 Å². The van der Waals surface area contributed by atoms with Crippen LogP contribution in [0.4, 0.5) is 14.5 Å². The zero-order valence-corrected chi connectivity index (χ0v) is 15.3. The van der Waals surface area contributed by atoms with Crippen molar-refractivity contribution >= 4 is 23.4 Å². The van der Waals surface area contributed by atoms with Gasteiger partial charge in [-0.2, -0.15) is 4.98 Å². The van der Waals surface area contributed by atoms with Crippen LogP contribution in [-0.4, -0.2) is 32.9 Å². The number of amides is 1. The van der Waals surface area contributed by atoms with Gasteiger partial charge >= 0.3 is 5.69 Å². The van der Waals surface area contributed by atoms with Gasteiger partial charge in [0.2, 0.25) is 5.91 Å². The van der Waals surface area contributed by atoms with Gasteiger partial charge in [0, 0.05) is 23.0 Å². The van der Waals surface area contributed by atoms with Gasteiger partial charge < -0.3 is 10.4 Å². The van der Waals surface area contributed by atoms with E-state index in [0.717, 1.165) is 60.8 Å². The Morgan fingerprint density at radius 2 is 2.04 bits per heavy atom. The molecule has 1 aromatic carbocycles. The van der Waals surface area contributed by atoms with E-state index in [1.165, 1.54) is 10.6 Å². The molecular weight excluding hydrogens is 376 g/mol. The maximum atomic E-state index is 13.2. The lowest BCUT2D eigenvalue weighted by atomic mass is 9.97. The molecule has 0 bridgehead atoms. The van der Waals surface area contributed by atoms with Crippen LogP contribution in [0.25, 0.3) is 0 Å². The van der Waals surface area contributed by atoms with Gasteiger partial charge in [0.15, 0.2) is 11.6 Å². The molecule has 9 heteroatoms. The molecule has 1 amide bonds. The highest BCUT2D eigenvalue weighted by molar-refractivity contribution is 8.00. The van der Waals surface area contributed by atoms with Crippen molar-refractivity contribution in [2.45, 2.75) is 37.3 Å². The van der Waals surface area contributed by atoms with Crippen LogP contribution in [0.1, 0.15) is 24.1 Å². The Morgan fingerprint density at radius 3 is 2.78 bits per heavy atom. The van der Waals surface area contributed by atoms with E-state index >= 15 is 0 Å². The maximum Gasteiger partial charge on any atom is 0.348 e. The van der Waals surface area contributed by atoms with Crippen molar-refractivity contribution in [3.63, 3.8) is 0 Å². The maximum absolute atomic E-state index is 13.2. The number of halogens is 2. The minimum Gasteiger partial charge on any atom is -0.395 e. The highest BCUT2D eigenvalue weighted by Crippen LogP contribution is 2.28. The summed E-state index contributed by atoms with van der Waals surface area (Å²) in [7, 11) is 0. The Morgan fingerprint density at radius 1 is 1.26 bits per heavy atom. The minimum atomic E-state index is -1.04. The predicted molar refractivity (Wildman–Crippen MR) is 97.9 cm³/mol. The van der Waals surface area contributed by atoms with Crippen molar-refractivity contribution in [2.24, 2.45) is 0 Å². The van der Waals surface area contributed by atoms with E-state index in [2.05, 4.69) is 10.3 Å². The molecule has 1 aromatic heterocycles. The van der Waals surface area contributed by atoms with E-state index in [0.29, 0.717) is 5.03 Å². The van der Waals surface area contributed by atoms with Crippen LogP contribution < -0.4 is 11.0 Å². The molecule has 2 aromatic rings. The lowest BCUT2D eigenvalue weighted by Gasteiger charge is -2.22. The van der Waals surface area contributed by atoms with Gasteiger partial charge in [-0.25, -0.2) is 13.6 Å². The van der Waals surface area contributed by atoms with Crippen LogP contribution in [0, 0.1) is 11.6 Å². The summed E-state index contributed by atoms with van der Waals surface area (Å²) in [5, 5.41) is 12.2. The Kier molecular flexibility index (Phi) is 6.22. The van der Waals surface area contributed by atoms with Crippen LogP contribution in [0.15, 0.2) is 28.0 Å². The van der Waals surface area contributed by atoms with Crippen molar-refractivity contribution in [1.29, 1.82) is 0 Å². The van der Waals surface area contributed by atoms with Crippen LogP contribution in [0.3, 0.4) is 0 Å². The lowest BCUT2D eigenvalue weighted by molar-refractivity contribution is -0.113. The fourth-order valence-corrected chi connectivity index (χ4v) is 3.98. The number of aliphatic hydroxyl groups is 1. The van der Waals surface area contributed by atoms with E-state index < -0.39 is 23.2 Å². The molecule has 0 spiro atoms.